The van der Waals surface area contributed by atoms with Crippen LogP contribution >= 0.6 is 0 Å². The molecule has 0 aromatic rings. The van der Waals surface area contributed by atoms with Crippen molar-refractivity contribution in [2.45, 2.75) is 40.2 Å². The van der Waals surface area contributed by atoms with Crippen LogP contribution in [0.4, 0.5) is 0 Å². The van der Waals surface area contributed by atoms with Crippen LogP contribution in [0.5, 0.6) is 0 Å². The van der Waals surface area contributed by atoms with Crippen LogP contribution < -0.4 is 0 Å². The Labute approximate surface area is 86.8 Å². The molecular formula is C13H20O. The number of hydrogen-bond donors (Lipinski definition) is 1. The van der Waals surface area contributed by atoms with Gasteiger partial charge in [0.05, 0.1) is 6.10 Å². The monoisotopic (exact) mass is 192 g/mol. The highest BCUT2D eigenvalue weighted by Gasteiger charge is 2.23. The summed E-state index contributed by atoms with van der Waals surface area (Å²) in [6.07, 6.45) is 8.99. The largest absolute Gasteiger partial charge is 0.389 e. The third kappa shape index (κ3) is 2.58. The molecule has 1 heteroatoms. The van der Waals surface area contributed by atoms with Gasteiger partial charge in [0, 0.05) is 0 Å². The maximum atomic E-state index is 9.21. The van der Waals surface area contributed by atoms with E-state index in [0.29, 0.717) is 0 Å². The third-order valence-electron chi connectivity index (χ3n) is 2.69. The molecule has 1 aliphatic rings. The zero-order chi connectivity index (χ0) is 10.8. The summed E-state index contributed by atoms with van der Waals surface area (Å²) in [6, 6.07) is 0. The average Bonchev–Trinajstić information content (AvgIpc) is 2.01. The van der Waals surface area contributed by atoms with E-state index in [2.05, 4.69) is 39.0 Å². The van der Waals surface area contributed by atoms with Crippen molar-refractivity contribution in [3.05, 3.63) is 35.5 Å². The summed E-state index contributed by atoms with van der Waals surface area (Å²) >= 11 is 0. The van der Waals surface area contributed by atoms with Gasteiger partial charge in [-0.05, 0) is 36.8 Å². The molecule has 1 N–H and O–H groups in total. The predicted molar refractivity (Wildman–Crippen MR) is 61.1 cm³/mol. The lowest BCUT2D eigenvalue weighted by Gasteiger charge is -2.29. The summed E-state index contributed by atoms with van der Waals surface area (Å²) in [7, 11) is 0. The van der Waals surface area contributed by atoms with Crippen molar-refractivity contribution in [2.24, 2.45) is 5.41 Å². The van der Waals surface area contributed by atoms with Crippen molar-refractivity contribution >= 4 is 0 Å². The van der Waals surface area contributed by atoms with Gasteiger partial charge >= 0.3 is 0 Å². The molecule has 0 fully saturated rings. The van der Waals surface area contributed by atoms with Crippen LogP contribution in [0.2, 0.25) is 0 Å². The number of allylic oxidation sites excluding steroid dienone is 5. The van der Waals surface area contributed by atoms with Crippen LogP contribution in [0.1, 0.15) is 34.1 Å². The molecule has 0 spiro atoms. The third-order valence-corrected chi connectivity index (χ3v) is 2.69. The maximum Gasteiger partial charge on any atom is 0.0695 e. The fourth-order valence-corrected chi connectivity index (χ4v) is 1.86. The fraction of sp³-hybridized carbons (Fsp3) is 0.538. The van der Waals surface area contributed by atoms with Gasteiger partial charge in [-0.1, -0.05) is 38.2 Å². The zero-order valence-electron chi connectivity index (χ0n) is 9.54. The van der Waals surface area contributed by atoms with Crippen molar-refractivity contribution in [3.63, 3.8) is 0 Å². The molecule has 1 nitrogen and oxygen atoms in total. The van der Waals surface area contributed by atoms with Crippen LogP contribution in [-0.2, 0) is 0 Å². The number of aliphatic hydroxyl groups is 1. The highest BCUT2D eigenvalue weighted by Crippen LogP contribution is 2.37. The van der Waals surface area contributed by atoms with E-state index in [0.717, 1.165) is 6.42 Å². The summed E-state index contributed by atoms with van der Waals surface area (Å²) < 4.78 is 0. The lowest BCUT2D eigenvalue weighted by molar-refractivity contribution is 0.244. The van der Waals surface area contributed by atoms with Gasteiger partial charge < -0.3 is 5.11 Å². The molecular weight excluding hydrogens is 172 g/mol. The van der Waals surface area contributed by atoms with Gasteiger partial charge in [0.2, 0.25) is 0 Å². The van der Waals surface area contributed by atoms with E-state index < -0.39 is 0 Å². The van der Waals surface area contributed by atoms with Crippen LogP contribution in [0.15, 0.2) is 35.5 Å². The van der Waals surface area contributed by atoms with E-state index in [4.69, 9.17) is 0 Å². The van der Waals surface area contributed by atoms with Gasteiger partial charge in [-0.3, -0.25) is 0 Å². The lowest BCUT2D eigenvalue weighted by atomic mass is 9.75. The van der Waals surface area contributed by atoms with Gasteiger partial charge in [0.1, 0.15) is 0 Å². The minimum atomic E-state index is -0.364. The van der Waals surface area contributed by atoms with E-state index in [1.54, 1.807) is 6.92 Å². The maximum absolute atomic E-state index is 9.21. The molecule has 14 heavy (non-hydrogen) atoms. The van der Waals surface area contributed by atoms with Gasteiger partial charge in [-0.2, -0.15) is 0 Å². The normalized spacial score (nSPS) is 23.2. The molecule has 0 saturated carbocycles. The number of hydrogen-bond acceptors (Lipinski definition) is 1. The smallest absolute Gasteiger partial charge is 0.0695 e. The Bertz CT molecular complexity index is 290. The van der Waals surface area contributed by atoms with Crippen LogP contribution in [0.25, 0.3) is 0 Å². The van der Waals surface area contributed by atoms with Crippen LogP contribution in [0.3, 0.4) is 0 Å². The van der Waals surface area contributed by atoms with E-state index >= 15 is 0 Å². The van der Waals surface area contributed by atoms with E-state index in [-0.39, 0.29) is 11.5 Å². The first-order valence-corrected chi connectivity index (χ1v) is 5.17. The second kappa shape index (κ2) is 4.14. The quantitative estimate of drug-likeness (QED) is 0.712. The molecule has 0 aromatic heterocycles. The van der Waals surface area contributed by atoms with Gasteiger partial charge in [-0.15, -0.1) is 0 Å². The SMILES string of the molecule is CC1=C(C=CC(C)O)C(C)(C)CC=C1. The Kier molecular flexibility index (Phi) is 3.33. The minimum Gasteiger partial charge on any atom is -0.389 e. The summed E-state index contributed by atoms with van der Waals surface area (Å²) in [5.41, 5.74) is 2.84. The predicted octanol–water partition coefficient (Wildman–Crippen LogP) is 3.23. The first-order chi connectivity index (χ1) is 6.43. The molecule has 1 atom stereocenters. The van der Waals surface area contributed by atoms with Gasteiger partial charge in [0.25, 0.3) is 0 Å². The highest BCUT2D eigenvalue weighted by molar-refractivity contribution is 5.39. The second-order valence-corrected chi connectivity index (χ2v) is 4.69. The first-order valence-electron chi connectivity index (χ1n) is 5.17. The Hall–Kier alpha value is -0.820. The van der Waals surface area contributed by atoms with Crippen LogP contribution in [-0.4, -0.2) is 11.2 Å². The van der Waals surface area contributed by atoms with Crippen molar-refractivity contribution in [1.82, 2.24) is 0 Å². The summed E-state index contributed by atoms with van der Waals surface area (Å²) in [5.74, 6) is 0. The molecule has 0 aromatic carbocycles. The van der Waals surface area contributed by atoms with Crippen molar-refractivity contribution in [3.8, 4) is 0 Å². The van der Waals surface area contributed by atoms with Crippen molar-refractivity contribution in [2.75, 3.05) is 0 Å². The summed E-state index contributed by atoms with van der Waals surface area (Å²) in [4.78, 5) is 0. The molecule has 1 rings (SSSR count). The standard InChI is InChI=1S/C13H20O/c1-10-6-5-9-13(3,4)12(10)8-7-11(2)14/h5-8,11,14H,9H2,1-4H3. The first kappa shape index (κ1) is 11.3. The van der Waals surface area contributed by atoms with E-state index in [1.165, 1.54) is 11.1 Å². The van der Waals surface area contributed by atoms with Crippen LogP contribution in [0, 0.1) is 5.41 Å². The molecule has 0 aliphatic heterocycles. The average molecular weight is 192 g/mol. The molecule has 78 valence electrons. The number of aliphatic hydroxyl groups excluding tert-OH is 1. The van der Waals surface area contributed by atoms with Gasteiger partial charge in [0.15, 0.2) is 0 Å². The zero-order valence-corrected chi connectivity index (χ0v) is 9.54. The molecule has 0 amide bonds. The van der Waals surface area contributed by atoms with Crippen molar-refractivity contribution < 1.29 is 5.11 Å². The minimum absolute atomic E-state index is 0.199. The highest BCUT2D eigenvalue weighted by atomic mass is 16.3. The molecule has 0 saturated heterocycles. The Balaban J connectivity index is 2.96. The lowest BCUT2D eigenvalue weighted by Crippen LogP contribution is -2.16. The topological polar surface area (TPSA) is 20.2 Å². The fourth-order valence-electron chi connectivity index (χ4n) is 1.86. The Morgan fingerprint density at radius 2 is 2.14 bits per heavy atom. The molecule has 0 radical (unpaired) electrons. The van der Waals surface area contributed by atoms with E-state index in [1.807, 2.05) is 6.08 Å². The van der Waals surface area contributed by atoms with E-state index in [9.17, 15) is 5.11 Å². The summed E-state index contributed by atoms with van der Waals surface area (Å²) in [5, 5.41) is 9.21. The summed E-state index contributed by atoms with van der Waals surface area (Å²) in [6.45, 7) is 8.38. The second-order valence-electron chi connectivity index (χ2n) is 4.69. The van der Waals surface area contributed by atoms with Gasteiger partial charge in [-0.25, -0.2) is 0 Å². The molecule has 1 unspecified atom stereocenters. The number of rotatable bonds is 2. The van der Waals surface area contributed by atoms with Crippen molar-refractivity contribution in [1.29, 1.82) is 0 Å². The Morgan fingerprint density at radius 1 is 1.50 bits per heavy atom. The molecule has 1 aliphatic carbocycles. The molecule has 0 bridgehead atoms. The molecule has 0 heterocycles. The Morgan fingerprint density at radius 3 is 2.64 bits per heavy atom.